The number of carboxylic acid groups (broad SMARTS) is 1. The fourth-order valence-electron chi connectivity index (χ4n) is 4.23. The average molecular weight is 361 g/mol. The molecule has 2 aliphatic rings. The second kappa shape index (κ2) is 5.15. The maximum atomic E-state index is 12.4. The number of β-lactam (4-membered cyclic amide) rings is 1. The van der Waals surface area contributed by atoms with Crippen LogP contribution in [0.25, 0.3) is 10.4 Å². The van der Waals surface area contributed by atoms with Gasteiger partial charge in [0.05, 0.1) is 41.7 Å². The number of fused-ring (bicyclic) bond motifs is 2. The van der Waals surface area contributed by atoms with Crippen LogP contribution in [-0.2, 0) is 16.6 Å². The molecule has 1 amide bonds. The zero-order valence-electron chi connectivity index (χ0n) is 14.4. The highest BCUT2D eigenvalue weighted by atomic mass is 32.1. The van der Waals surface area contributed by atoms with E-state index in [1.807, 2.05) is 42.4 Å². The maximum Gasteiger partial charge on any atom is 0.249 e. The molecule has 0 aromatic carbocycles. The van der Waals surface area contributed by atoms with Gasteiger partial charge in [0.1, 0.15) is 11.9 Å². The van der Waals surface area contributed by atoms with Crippen molar-refractivity contribution in [3.05, 3.63) is 28.8 Å². The topological polar surface area (TPSA) is 89.0 Å². The molecule has 0 bridgehead atoms. The zero-order valence-corrected chi connectivity index (χ0v) is 15.2. The van der Waals surface area contributed by atoms with Gasteiger partial charge in [-0.2, -0.15) is 4.40 Å². The van der Waals surface area contributed by atoms with Crippen LogP contribution in [0.2, 0.25) is 0 Å². The largest absolute Gasteiger partial charge is 0.543 e. The fourth-order valence-corrected chi connectivity index (χ4v) is 5.58. The van der Waals surface area contributed by atoms with Gasteiger partial charge < -0.3 is 19.9 Å². The van der Waals surface area contributed by atoms with Crippen molar-refractivity contribution < 1.29 is 24.4 Å². The van der Waals surface area contributed by atoms with Gasteiger partial charge >= 0.3 is 0 Å². The van der Waals surface area contributed by atoms with Gasteiger partial charge in [-0.1, -0.05) is 18.3 Å². The molecule has 0 aliphatic carbocycles. The average Bonchev–Trinajstić information content (AvgIpc) is 3.09. The summed E-state index contributed by atoms with van der Waals surface area (Å²) >= 11 is 1.50. The summed E-state index contributed by atoms with van der Waals surface area (Å²) in [4.78, 5) is 27.4. The molecule has 0 unspecified atom stereocenters. The van der Waals surface area contributed by atoms with Crippen molar-refractivity contribution >= 4 is 33.6 Å². The molecular formula is C17H19N3O4S. The molecule has 2 aromatic rings. The van der Waals surface area contributed by atoms with Crippen LogP contribution in [0.5, 0.6) is 0 Å². The first kappa shape index (κ1) is 16.3. The van der Waals surface area contributed by atoms with Crippen LogP contribution in [0.3, 0.4) is 0 Å². The number of aliphatic carboxylic acids is 1. The number of aryl methyl sites for hydroxylation is 2. The van der Waals surface area contributed by atoms with Crippen LogP contribution >= 0.6 is 11.3 Å². The molecule has 1 saturated heterocycles. The Kier molecular flexibility index (Phi) is 3.36. The monoisotopic (exact) mass is 361 g/mol. The molecular weight excluding hydrogens is 342 g/mol. The van der Waals surface area contributed by atoms with Gasteiger partial charge in [-0.15, -0.1) is 0 Å². The number of rotatable bonds is 3. The highest BCUT2D eigenvalue weighted by Crippen LogP contribution is 2.51. The molecule has 4 atom stereocenters. The highest BCUT2D eigenvalue weighted by Gasteiger charge is 2.59. The van der Waals surface area contributed by atoms with E-state index in [4.69, 9.17) is 0 Å². The summed E-state index contributed by atoms with van der Waals surface area (Å²) in [5.41, 5.74) is 1.52. The minimum atomic E-state index is -1.34. The van der Waals surface area contributed by atoms with Crippen LogP contribution in [0.4, 0.5) is 0 Å². The zero-order chi connectivity index (χ0) is 18.2. The molecule has 1 fully saturated rings. The molecule has 0 spiro atoms. The van der Waals surface area contributed by atoms with E-state index in [9.17, 15) is 19.8 Å². The van der Waals surface area contributed by atoms with E-state index in [0.717, 1.165) is 15.4 Å². The number of thiazole rings is 1. The number of hydrogen-bond acceptors (Lipinski definition) is 5. The minimum absolute atomic E-state index is 0.0450. The van der Waals surface area contributed by atoms with E-state index in [1.54, 1.807) is 6.92 Å². The number of carbonyl (C=O) groups excluding carboxylic acids is 2. The number of carboxylic acids is 1. The van der Waals surface area contributed by atoms with E-state index in [-0.39, 0.29) is 23.6 Å². The number of hydrogen-bond donors (Lipinski definition) is 1. The number of nitrogens with zero attached hydrogens (tertiary/aromatic N) is 3. The molecule has 25 heavy (non-hydrogen) atoms. The molecule has 0 saturated carbocycles. The number of amides is 1. The summed E-state index contributed by atoms with van der Waals surface area (Å²) in [7, 11) is 1.93. The predicted molar refractivity (Wildman–Crippen MR) is 88.1 cm³/mol. The molecule has 2 aromatic heterocycles. The Morgan fingerprint density at radius 3 is 2.72 bits per heavy atom. The third-order valence-electron chi connectivity index (χ3n) is 5.36. The van der Waals surface area contributed by atoms with Crippen LogP contribution in [0.1, 0.15) is 24.4 Å². The maximum absolute atomic E-state index is 12.4. The van der Waals surface area contributed by atoms with Crippen molar-refractivity contribution in [1.82, 2.24) is 9.30 Å². The van der Waals surface area contributed by atoms with E-state index in [2.05, 4.69) is 0 Å². The minimum Gasteiger partial charge on any atom is -0.543 e. The summed E-state index contributed by atoms with van der Waals surface area (Å²) < 4.78 is 3.95. The van der Waals surface area contributed by atoms with Gasteiger partial charge in [-0.3, -0.25) is 4.79 Å². The number of aliphatic hydroxyl groups excluding tert-OH is 1. The van der Waals surface area contributed by atoms with Crippen LogP contribution in [0, 0.1) is 18.8 Å². The Labute approximate surface area is 148 Å². The quantitative estimate of drug-likeness (QED) is 0.587. The Hall–Kier alpha value is -2.19. The highest BCUT2D eigenvalue weighted by molar-refractivity contribution is 7.18. The molecule has 0 radical (unpaired) electrons. The van der Waals surface area contributed by atoms with E-state index in [1.165, 1.54) is 16.2 Å². The number of aromatic nitrogens is 2. The standard InChI is InChI=1S/C17H19N3O4S/c1-7-11(15-8(2)19-6-18(4)5-10(19)25-15)14(17(23)24)20-13(7)12(9(3)21)16(20)22/h5-7,9,12-13,21H,1-4H3/t7-,9+,12+,13+/m0/s1. The number of carbonyl (C=O) groups is 2. The van der Waals surface area contributed by atoms with Gasteiger partial charge in [0.25, 0.3) is 0 Å². The van der Waals surface area contributed by atoms with Crippen molar-refractivity contribution in [2.45, 2.75) is 32.9 Å². The fraction of sp³-hybridized carbons (Fsp3) is 0.471. The normalized spacial score (nSPS) is 27.0. The third-order valence-corrected chi connectivity index (χ3v) is 6.59. The van der Waals surface area contributed by atoms with Gasteiger partial charge in [-0.05, 0) is 13.8 Å². The van der Waals surface area contributed by atoms with Crippen molar-refractivity contribution in [3.63, 3.8) is 0 Å². The lowest BCUT2D eigenvalue weighted by molar-refractivity contribution is -0.670. The lowest BCUT2D eigenvalue weighted by Crippen LogP contribution is -2.64. The van der Waals surface area contributed by atoms with Gasteiger partial charge in [0.2, 0.25) is 17.1 Å². The first-order valence-corrected chi connectivity index (χ1v) is 8.99. The Morgan fingerprint density at radius 1 is 1.48 bits per heavy atom. The smallest absolute Gasteiger partial charge is 0.249 e. The molecule has 8 heteroatoms. The van der Waals surface area contributed by atoms with Gasteiger partial charge in [0, 0.05) is 11.5 Å². The van der Waals surface area contributed by atoms with Gasteiger partial charge in [-0.25, -0.2) is 4.57 Å². The van der Waals surface area contributed by atoms with Crippen molar-refractivity contribution in [1.29, 1.82) is 0 Å². The Bertz CT molecular complexity index is 955. The van der Waals surface area contributed by atoms with Crippen molar-refractivity contribution in [2.24, 2.45) is 18.9 Å². The van der Waals surface area contributed by atoms with E-state index < -0.39 is 18.0 Å². The third kappa shape index (κ3) is 1.98. The summed E-state index contributed by atoms with van der Waals surface area (Å²) in [6.07, 6.45) is 3.10. The Balaban J connectivity index is 1.90. The van der Waals surface area contributed by atoms with E-state index in [0.29, 0.717) is 5.57 Å². The summed E-state index contributed by atoms with van der Waals surface area (Å²) in [6.45, 7) is 5.43. The molecule has 4 rings (SSSR count). The molecule has 4 heterocycles. The SMILES string of the molecule is Cc1c(C2=C(C(=O)[O-])N3C(=O)[C@H]([C@@H](C)O)[C@H]3[C@H]2C)sc2c[n+](C)cn12. The Morgan fingerprint density at radius 2 is 2.16 bits per heavy atom. The molecule has 1 N–H and O–H groups in total. The second-order valence-electron chi connectivity index (χ2n) is 6.94. The first-order chi connectivity index (χ1) is 11.7. The lowest BCUT2D eigenvalue weighted by atomic mass is 9.77. The second-order valence-corrected chi connectivity index (χ2v) is 7.97. The van der Waals surface area contributed by atoms with Gasteiger partial charge in [0.15, 0.2) is 0 Å². The molecule has 132 valence electrons. The number of aliphatic hydroxyl groups is 1. The summed E-state index contributed by atoms with van der Waals surface area (Å²) in [5, 5.41) is 21.8. The van der Waals surface area contributed by atoms with E-state index >= 15 is 0 Å². The number of imidazole rings is 1. The van der Waals surface area contributed by atoms with Crippen LogP contribution < -0.4 is 9.67 Å². The molecule has 7 nitrogen and oxygen atoms in total. The predicted octanol–water partition coefficient (Wildman–Crippen LogP) is -0.548. The van der Waals surface area contributed by atoms with Crippen molar-refractivity contribution in [3.8, 4) is 0 Å². The van der Waals surface area contributed by atoms with Crippen LogP contribution in [-0.4, -0.2) is 38.4 Å². The summed E-state index contributed by atoms with van der Waals surface area (Å²) in [6, 6.07) is -0.327. The molecule has 2 aliphatic heterocycles. The van der Waals surface area contributed by atoms with Crippen LogP contribution in [0.15, 0.2) is 18.2 Å². The lowest BCUT2D eigenvalue weighted by Gasteiger charge is -2.47. The summed E-state index contributed by atoms with van der Waals surface area (Å²) in [5.74, 6) is -2.43. The van der Waals surface area contributed by atoms with Crippen molar-refractivity contribution in [2.75, 3.05) is 0 Å². The first-order valence-electron chi connectivity index (χ1n) is 8.17.